The molecule has 1 spiro atoms. The van der Waals surface area contributed by atoms with Gasteiger partial charge in [0, 0.05) is 29.3 Å². The Kier molecular flexibility index (Phi) is 6.54. The summed E-state index contributed by atoms with van der Waals surface area (Å²) in [6.45, 7) is 6.38. The van der Waals surface area contributed by atoms with Crippen molar-refractivity contribution >= 4 is 23.5 Å². The van der Waals surface area contributed by atoms with E-state index in [1.165, 1.54) is 0 Å². The molecule has 4 atom stereocenters. The number of H-pyrrole nitrogens is 2. The highest BCUT2D eigenvalue weighted by Crippen LogP contribution is 2.58. The minimum atomic E-state index is -3.20. The van der Waals surface area contributed by atoms with Gasteiger partial charge in [-0.1, -0.05) is 30.3 Å². The van der Waals surface area contributed by atoms with Crippen molar-refractivity contribution in [2.24, 2.45) is 11.3 Å². The van der Waals surface area contributed by atoms with Crippen molar-refractivity contribution in [3.63, 3.8) is 0 Å². The van der Waals surface area contributed by atoms with Gasteiger partial charge in [0.25, 0.3) is 5.92 Å². The summed E-state index contributed by atoms with van der Waals surface area (Å²) in [5.74, 6) is -1.46. The number of carbonyl (C=O) groups is 2. The number of halogens is 2. The molecular weight excluding hydrogens is 662 g/mol. The second-order valence-corrected chi connectivity index (χ2v) is 16.7. The van der Waals surface area contributed by atoms with E-state index < -0.39 is 11.5 Å². The Labute approximate surface area is 299 Å². The lowest BCUT2D eigenvalue weighted by atomic mass is 9.98. The zero-order valence-corrected chi connectivity index (χ0v) is 29.4. The van der Waals surface area contributed by atoms with Crippen LogP contribution in [-0.2, 0) is 15.5 Å². The number of hydrogen-bond donors (Lipinski definition) is 2. The van der Waals surface area contributed by atoms with Gasteiger partial charge in [-0.25, -0.2) is 14.8 Å². The van der Waals surface area contributed by atoms with E-state index in [4.69, 9.17) is 9.72 Å². The van der Waals surface area contributed by atoms with E-state index in [1.807, 2.05) is 60.9 Å². The highest BCUT2D eigenvalue weighted by molar-refractivity contribution is 5.87. The van der Waals surface area contributed by atoms with Crippen LogP contribution in [0.4, 0.5) is 13.6 Å². The predicted octanol–water partition coefficient (Wildman–Crippen LogP) is 8.88. The van der Waals surface area contributed by atoms with Gasteiger partial charge in [-0.3, -0.25) is 9.69 Å². The molecule has 10 rings (SSSR count). The van der Waals surface area contributed by atoms with Crippen LogP contribution in [0.2, 0.25) is 0 Å². The Hall–Kier alpha value is -5.06. The van der Waals surface area contributed by atoms with E-state index in [2.05, 4.69) is 15.0 Å². The smallest absolute Gasteiger partial charge is 0.411 e. The molecule has 3 aliphatic carbocycles. The molecule has 4 fully saturated rings. The van der Waals surface area contributed by atoms with Crippen LogP contribution in [0.25, 0.3) is 44.5 Å². The van der Waals surface area contributed by atoms with Crippen molar-refractivity contribution in [2.45, 2.75) is 88.9 Å². The van der Waals surface area contributed by atoms with Crippen LogP contribution in [0.15, 0.2) is 60.8 Å². The first-order chi connectivity index (χ1) is 24.9. The fourth-order valence-corrected chi connectivity index (χ4v) is 9.48. The van der Waals surface area contributed by atoms with Gasteiger partial charge in [0.05, 0.1) is 35.0 Å². The monoisotopic (exact) mass is 702 g/mol. The van der Waals surface area contributed by atoms with E-state index in [-0.39, 0.29) is 40.8 Å². The number of nitrogens with zero attached hydrogens (tertiary/aromatic N) is 4. The number of likely N-dealkylation sites (tertiary alicyclic amines) is 2. The average Bonchev–Trinajstić information content (AvgIpc) is 3.76. The average molecular weight is 703 g/mol. The lowest BCUT2D eigenvalue weighted by molar-refractivity contribution is -0.119. The number of hydrogen-bond acceptors (Lipinski definition) is 5. The predicted molar refractivity (Wildman–Crippen MR) is 191 cm³/mol. The van der Waals surface area contributed by atoms with Crippen molar-refractivity contribution in [3.8, 4) is 33.5 Å². The van der Waals surface area contributed by atoms with E-state index in [1.54, 1.807) is 30.5 Å². The molecular formula is C41H40F2N6O3. The van der Waals surface area contributed by atoms with Crippen LogP contribution < -0.4 is 0 Å². The molecule has 5 aromatic rings. The highest BCUT2D eigenvalue weighted by Gasteiger charge is 2.53. The van der Waals surface area contributed by atoms with Crippen molar-refractivity contribution in [1.82, 2.24) is 29.7 Å². The maximum atomic E-state index is 16.3. The highest BCUT2D eigenvalue weighted by atomic mass is 19.3. The van der Waals surface area contributed by atoms with Crippen molar-refractivity contribution < 1.29 is 23.1 Å². The zero-order valence-electron chi connectivity index (χ0n) is 29.4. The van der Waals surface area contributed by atoms with Crippen LogP contribution in [0, 0.1) is 11.3 Å². The molecule has 4 heterocycles. The number of imidazole rings is 2. The fraction of sp³-hybridized carbons (Fsp3) is 0.415. The minimum Gasteiger partial charge on any atom is -0.444 e. The normalized spacial score (nSPS) is 24.9. The lowest BCUT2D eigenvalue weighted by Gasteiger charge is -2.35. The molecule has 266 valence electrons. The Morgan fingerprint density at radius 2 is 1.65 bits per heavy atom. The third-order valence-corrected chi connectivity index (χ3v) is 12.2. The molecule has 3 aromatic carbocycles. The number of benzene rings is 3. The third-order valence-electron chi connectivity index (χ3n) is 12.2. The van der Waals surface area contributed by atoms with Gasteiger partial charge >= 0.3 is 6.09 Å². The van der Waals surface area contributed by atoms with Gasteiger partial charge in [-0.15, -0.1) is 0 Å². The molecule has 0 radical (unpaired) electrons. The van der Waals surface area contributed by atoms with Crippen LogP contribution in [0.5, 0.6) is 0 Å². The number of fused-ring (bicyclic) bond motifs is 6. The topological polar surface area (TPSA) is 107 Å². The third kappa shape index (κ3) is 4.84. The fourth-order valence-electron chi connectivity index (χ4n) is 9.48. The maximum absolute atomic E-state index is 16.3. The van der Waals surface area contributed by atoms with E-state index in [0.29, 0.717) is 39.7 Å². The number of amides is 2. The van der Waals surface area contributed by atoms with Gasteiger partial charge in [0.15, 0.2) is 0 Å². The van der Waals surface area contributed by atoms with Crippen LogP contribution >= 0.6 is 0 Å². The maximum Gasteiger partial charge on any atom is 0.411 e. The molecule has 9 nitrogen and oxygen atoms in total. The number of nitrogens with one attached hydrogen (secondary N) is 2. The number of alkyl halides is 2. The lowest BCUT2D eigenvalue weighted by Crippen LogP contribution is -2.43. The number of ether oxygens (including phenoxy) is 1. The zero-order chi connectivity index (χ0) is 35.7. The first-order valence-corrected chi connectivity index (χ1v) is 18.3. The molecule has 2 amide bonds. The Morgan fingerprint density at radius 3 is 2.38 bits per heavy atom. The summed E-state index contributed by atoms with van der Waals surface area (Å²) in [7, 11) is 0. The molecule has 2 saturated carbocycles. The van der Waals surface area contributed by atoms with Gasteiger partial charge in [0.1, 0.15) is 17.2 Å². The molecule has 11 heteroatoms. The molecule has 52 heavy (non-hydrogen) atoms. The molecule has 4 unspecified atom stereocenters. The number of piperidine rings is 1. The molecule has 2 aliphatic heterocycles. The second-order valence-electron chi connectivity index (χ2n) is 16.7. The number of aromatic amines is 2. The molecule has 2 N–H and O–H groups in total. The molecule has 5 aliphatic rings. The summed E-state index contributed by atoms with van der Waals surface area (Å²) in [5.41, 5.74) is 4.91. The summed E-state index contributed by atoms with van der Waals surface area (Å²) in [6, 6.07) is 16.1. The van der Waals surface area contributed by atoms with Crippen molar-refractivity contribution in [3.05, 3.63) is 83.6 Å². The van der Waals surface area contributed by atoms with Gasteiger partial charge in [-0.05, 0) is 117 Å². The summed E-state index contributed by atoms with van der Waals surface area (Å²) < 4.78 is 38.5. The first-order valence-electron chi connectivity index (χ1n) is 18.3. The summed E-state index contributed by atoms with van der Waals surface area (Å²) in [4.78, 5) is 45.1. The first kappa shape index (κ1) is 31.7. The van der Waals surface area contributed by atoms with Crippen molar-refractivity contribution in [1.29, 1.82) is 0 Å². The minimum absolute atomic E-state index is 0.0230. The quantitative estimate of drug-likeness (QED) is 0.178. The Bertz CT molecular complexity index is 2300. The number of carbonyl (C=O) groups excluding carboxylic acids is 2. The summed E-state index contributed by atoms with van der Waals surface area (Å²) in [5, 5.41) is 0. The molecule has 2 aromatic heterocycles. The largest absolute Gasteiger partial charge is 0.444 e. The van der Waals surface area contributed by atoms with E-state index >= 15 is 8.78 Å². The molecule has 2 bridgehead atoms. The van der Waals surface area contributed by atoms with E-state index in [0.717, 1.165) is 73.9 Å². The summed E-state index contributed by atoms with van der Waals surface area (Å²) >= 11 is 0. The standard InChI is InChI=1S/C41H40F2N6O3/c1-39(2,3)52-38(51)49-26-8-4-25(14-26)35(49)37-45-31-11-7-23(17-32(31)46-37)22-5-9-27-28-10-6-24(16-30(28)41(42,43)29(27)15-22)33-19-44-36(47-33)34-18-40(12-13-40)20-48(34)21-50/h5-7,9-11,15-17,19,21,25-26,34-35H,4,8,12-14,18,20H2,1-3H3,(H,44,47)(H,45,46). The second kappa shape index (κ2) is 10.7. The van der Waals surface area contributed by atoms with Crippen LogP contribution in [0.3, 0.4) is 0 Å². The number of rotatable bonds is 5. The van der Waals surface area contributed by atoms with E-state index in [9.17, 15) is 9.59 Å². The number of aromatic nitrogens is 4. The Balaban J connectivity index is 0.929. The van der Waals surface area contributed by atoms with Gasteiger partial charge < -0.3 is 19.6 Å². The summed E-state index contributed by atoms with van der Waals surface area (Å²) in [6.07, 6.45) is 8.32. The van der Waals surface area contributed by atoms with Crippen molar-refractivity contribution in [2.75, 3.05) is 6.54 Å². The van der Waals surface area contributed by atoms with Gasteiger partial charge in [-0.2, -0.15) is 8.78 Å². The van der Waals surface area contributed by atoms with Gasteiger partial charge in [0.2, 0.25) is 6.41 Å². The Morgan fingerprint density at radius 1 is 0.942 bits per heavy atom. The van der Waals surface area contributed by atoms with Crippen LogP contribution in [0.1, 0.15) is 94.2 Å². The van der Waals surface area contributed by atoms with Crippen LogP contribution in [-0.4, -0.2) is 60.4 Å². The molecule has 2 saturated heterocycles. The SMILES string of the molecule is CC(C)(C)OC(=O)N1C2CCC(C2)C1c1nc2ccc(-c3ccc4c(c3)C(F)(F)c3cc(-c5cnc(C6CC7(CC7)CN6C=O)[nH]5)ccc3-4)cc2[nH]1.